The van der Waals surface area contributed by atoms with Crippen LogP contribution in [0.4, 0.5) is 16.3 Å². The topological polar surface area (TPSA) is 107 Å². The average molecular weight is 514 g/mol. The van der Waals surface area contributed by atoms with Gasteiger partial charge >= 0.3 is 6.09 Å². The zero-order chi connectivity index (χ0) is 26.2. The van der Waals surface area contributed by atoms with Crippen molar-refractivity contribution in [2.75, 3.05) is 18.1 Å². The van der Waals surface area contributed by atoms with Gasteiger partial charge in [-0.3, -0.25) is 14.5 Å². The zero-order valence-electron chi connectivity index (χ0n) is 20.8. The summed E-state index contributed by atoms with van der Waals surface area (Å²) in [6.45, 7) is 8.58. The highest BCUT2D eigenvalue weighted by Gasteiger charge is 2.46. The minimum Gasteiger partial charge on any atom is -0.484 e. The number of nitrogens with zero attached hydrogens (tertiary/aromatic N) is 4. The highest BCUT2D eigenvalue weighted by molar-refractivity contribution is 5.90. The number of ketones is 1. The molecule has 1 aliphatic carbocycles. The van der Waals surface area contributed by atoms with Crippen LogP contribution in [0.5, 0.6) is 5.75 Å². The number of hydrogen-bond donors (Lipinski definition) is 1. The molecule has 1 aromatic carbocycles. The number of rotatable bonds is 6. The van der Waals surface area contributed by atoms with Gasteiger partial charge < -0.3 is 19.4 Å². The van der Waals surface area contributed by atoms with Crippen LogP contribution in [0.3, 0.4) is 0 Å². The summed E-state index contributed by atoms with van der Waals surface area (Å²) >= 11 is 0. The van der Waals surface area contributed by atoms with Crippen molar-refractivity contribution in [2.24, 2.45) is 0 Å². The van der Waals surface area contributed by atoms with Crippen molar-refractivity contribution < 1.29 is 19.1 Å². The number of anilines is 1. The number of hydrogen-bond acceptors (Lipinski definition) is 7. The molecule has 2 fully saturated rings. The summed E-state index contributed by atoms with van der Waals surface area (Å²) in [5.41, 5.74) is 1.77. The van der Waals surface area contributed by atoms with Crippen LogP contribution >= 0.6 is 0 Å². The monoisotopic (exact) mass is 513 g/mol. The van der Waals surface area contributed by atoms with Crippen LogP contribution in [0.2, 0.25) is 0 Å². The largest absolute Gasteiger partial charge is 0.484 e. The first-order valence-corrected chi connectivity index (χ1v) is 12.9. The Morgan fingerprint density at radius 1 is 1.11 bits per heavy atom. The Bertz CT molecular complexity index is 1530. The van der Waals surface area contributed by atoms with E-state index in [9.17, 15) is 14.4 Å². The van der Waals surface area contributed by atoms with Crippen molar-refractivity contribution >= 4 is 34.3 Å². The van der Waals surface area contributed by atoms with E-state index < -0.39 is 6.09 Å². The van der Waals surface area contributed by atoms with Crippen molar-refractivity contribution in [3.63, 3.8) is 0 Å². The number of fused-ring (bicyclic) bond motifs is 3. The van der Waals surface area contributed by atoms with Crippen LogP contribution in [-0.4, -0.2) is 52.8 Å². The van der Waals surface area contributed by atoms with Gasteiger partial charge in [-0.15, -0.1) is 0 Å². The van der Waals surface area contributed by atoms with Crippen LogP contribution in [0.25, 0.3) is 15.7 Å². The number of ether oxygens (including phenoxy) is 2. The molecule has 1 N–H and O–H groups in total. The van der Waals surface area contributed by atoms with Gasteiger partial charge in [-0.2, -0.15) is 0 Å². The van der Waals surface area contributed by atoms with Crippen molar-refractivity contribution in [3.05, 3.63) is 69.9 Å². The average Bonchev–Trinajstić information content (AvgIpc) is 3.26. The summed E-state index contributed by atoms with van der Waals surface area (Å²) < 4.78 is 12.9. The van der Waals surface area contributed by atoms with Gasteiger partial charge in [0.15, 0.2) is 11.5 Å². The molecule has 194 valence electrons. The molecule has 10 heteroatoms. The second-order valence-electron chi connectivity index (χ2n) is 9.97. The number of aromatic nitrogens is 2. The van der Waals surface area contributed by atoms with Gasteiger partial charge in [-0.25, -0.2) is 14.6 Å². The summed E-state index contributed by atoms with van der Waals surface area (Å²) in [7, 11) is 0. The number of carbonyl (C=O) groups is 2. The summed E-state index contributed by atoms with van der Waals surface area (Å²) in [5.74, 6) is 1.05. The maximum absolute atomic E-state index is 12.8. The van der Waals surface area contributed by atoms with Crippen LogP contribution in [0.1, 0.15) is 31.4 Å². The van der Waals surface area contributed by atoms with E-state index in [1.54, 1.807) is 45.9 Å². The normalized spacial score (nSPS) is 22.4. The number of benzene rings is 1. The van der Waals surface area contributed by atoms with Crippen LogP contribution in [0.15, 0.2) is 47.3 Å². The van der Waals surface area contributed by atoms with Crippen molar-refractivity contribution in [2.45, 2.75) is 56.8 Å². The maximum Gasteiger partial charge on any atom is 0.416 e. The first kappa shape index (κ1) is 24.1. The molecule has 1 amide bonds. The molecular formula is C28H27N5O5. The molecular weight excluding hydrogens is 486 g/mol. The second-order valence-corrected chi connectivity index (χ2v) is 9.97. The fraction of sp³-hybridized carbons (Fsp3) is 0.393. The highest BCUT2D eigenvalue weighted by Crippen LogP contribution is 2.36. The molecule has 3 aliphatic rings. The van der Waals surface area contributed by atoms with Crippen molar-refractivity contribution in [1.82, 2.24) is 14.9 Å². The Morgan fingerprint density at radius 3 is 2.84 bits per heavy atom. The summed E-state index contributed by atoms with van der Waals surface area (Å²) in [4.78, 5) is 46.7. The SMILES string of the molecule is [C-]#[N+]c1ccc2ccc(=O)n(CCCN[C@@H]3CC[C@@H]4[C@@H](C3)OC(=O)N4c3ccc4c(n3)CC(=O)CO4)c2c1. The molecule has 3 atom stereocenters. The smallest absolute Gasteiger partial charge is 0.416 e. The van der Waals surface area contributed by atoms with Gasteiger partial charge in [0, 0.05) is 30.6 Å². The van der Waals surface area contributed by atoms with Gasteiger partial charge in [0.2, 0.25) is 0 Å². The van der Waals surface area contributed by atoms with Gasteiger partial charge in [-0.05, 0) is 55.5 Å². The van der Waals surface area contributed by atoms with Gasteiger partial charge in [0.1, 0.15) is 24.3 Å². The zero-order valence-corrected chi connectivity index (χ0v) is 20.8. The third-order valence-electron chi connectivity index (χ3n) is 7.55. The molecule has 6 rings (SSSR count). The van der Waals surface area contributed by atoms with E-state index in [1.807, 2.05) is 6.07 Å². The maximum atomic E-state index is 12.8. The number of Topliss-reactive ketones (excluding diaryl/α,β-unsaturated/α-hetero) is 1. The fourth-order valence-corrected chi connectivity index (χ4v) is 5.69. The quantitative estimate of drug-likeness (QED) is 0.398. The molecule has 0 radical (unpaired) electrons. The molecule has 1 saturated heterocycles. The van der Waals surface area contributed by atoms with E-state index in [0.29, 0.717) is 42.5 Å². The lowest BCUT2D eigenvalue weighted by Gasteiger charge is -2.33. The molecule has 3 aromatic rings. The standard InChI is InChI=1S/C28H27N5O5/c1-29-18-5-3-17-4-10-27(35)32(23(17)13-18)12-2-11-30-19-6-7-22-25(14-19)38-28(36)33(22)26-9-8-24-21(31-26)15-20(34)16-37-24/h3-5,8-10,13,19,22,25,30H,2,6-7,11-12,14-16H2/t19-,22-,25-/m1/s1. The summed E-state index contributed by atoms with van der Waals surface area (Å²) in [6.07, 6.45) is 2.65. The Kier molecular flexibility index (Phi) is 6.29. The van der Waals surface area contributed by atoms with Crippen LogP contribution < -0.4 is 20.5 Å². The van der Waals surface area contributed by atoms with Gasteiger partial charge in [-0.1, -0.05) is 12.1 Å². The lowest BCUT2D eigenvalue weighted by Crippen LogP contribution is -2.46. The molecule has 4 heterocycles. The highest BCUT2D eigenvalue weighted by atomic mass is 16.6. The molecule has 0 unspecified atom stereocenters. The molecule has 2 aliphatic heterocycles. The molecule has 0 bridgehead atoms. The number of carbonyl (C=O) groups excluding carboxylic acids is 2. The van der Waals surface area contributed by atoms with Gasteiger partial charge in [0.05, 0.1) is 24.7 Å². The first-order chi connectivity index (χ1) is 18.5. The van der Waals surface area contributed by atoms with E-state index >= 15 is 0 Å². The van der Waals surface area contributed by atoms with E-state index in [-0.39, 0.29) is 42.6 Å². The fourth-order valence-electron chi connectivity index (χ4n) is 5.69. The minimum absolute atomic E-state index is 0.0333. The predicted molar refractivity (Wildman–Crippen MR) is 140 cm³/mol. The lowest BCUT2D eigenvalue weighted by atomic mass is 9.88. The number of amides is 1. The molecule has 0 spiro atoms. The molecule has 1 saturated carbocycles. The van der Waals surface area contributed by atoms with E-state index in [2.05, 4.69) is 15.1 Å². The molecule has 38 heavy (non-hydrogen) atoms. The van der Waals surface area contributed by atoms with Crippen LogP contribution in [-0.2, 0) is 22.5 Å². The predicted octanol–water partition coefficient (Wildman–Crippen LogP) is 3.38. The Labute approximate surface area is 219 Å². The third kappa shape index (κ3) is 4.50. The van der Waals surface area contributed by atoms with Crippen LogP contribution in [0, 0.1) is 6.57 Å². The molecule has 2 aromatic heterocycles. The second kappa shape index (κ2) is 9.91. The number of aryl methyl sites for hydroxylation is 1. The van der Waals surface area contributed by atoms with E-state index in [0.717, 1.165) is 30.2 Å². The molecule has 10 nitrogen and oxygen atoms in total. The summed E-state index contributed by atoms with van der Waals surface area (Å²) in [5, 5.41) is 4.50. The Balaban J connectivity index is 1.06. The first-order valence-electron chi connectivity index (χ1n) is 12.9. The Hall–Kier alpha value is -4.23. The number of nitrogens with one attached hydrogen (secondary N) is 1. The number of pyridine rings is 2. The lowest BCUT2D eigenvalue weighted by molar-refractivity contribution is -0.121. The van der Waals surface area contributed by atoms with E-state index in [1.165, 1.54) is 0 Å². The third-order valence-corrected chi connectivity index (χ3v) is 7.55. The van der Waals surface area contributed by atoms with Crippen molar-refractivity contribution in [1.29, 1.82) is 0 Å². The van der Waals surface area contributed by atoms with Gasteiger partial charge in [0.25, 0.3) is 5.56 Å². The minimum atomic E-state index is -0.412. The summed E-state index contributed by atoms with van der Waals surface area (Å²) in [6, 6.07) is 12.4. The van der Waals surface area contributed by atoms with E-state index in [4.69, 9.17) is 16.0 Å². The Morgan fingerprint density at radius 2 is 1.97 bits per heavy atom. The van der Waals surface area contributed by atoms with Crippen molar-refractivity contribution in [3.8, 4) is 5.75 Å².